The molecule has 1 nitrogen and oxygen atoms in total. The molecule has 1 aliphatic rings. The Labute approximate surface area is 129 Å². The molecule has 0 saturated heterocycles. The fourth-order valence-corrected chi connectivity index (χ4v) is 5.38. The first-order valence-electron chi connectivity index (χ1n) is 7.40. The first-order valence-corrected chi connectivity index (χ1v) is 8.55. The average Bonchev–Trinajstić information content (AvgIpc) is 2.74. The summed E-state index contributed by atoms with van der Waals surface area (Å²) in [7, 11) is -1.04. The lowest BCUT2D eigenvalue weighted by Gasteiger charge is -2.16. The standard InChI is InChI=1S/C19H22OS/c1-9-8-10(2)18-16(11(9)3)17-14(6)12(4)13(5)15(7)19(17)21(18)20/h8H,1-7H3. The maximum absolute atomic E-state index is 13.1. The lowest BCUT2D eigenvalue weighted by atomic mass is 9.87. The summed E-state index contributed by atoms with van der Waals surface area (Å²) in [5, 5.41) is 0. The molecule has 3 rings (SSSR count). The van der Waals surface area contributed by atoms with Crippen molar-refractivity contribution in [1.29, 1.82) is 0 Å². The number of benzene rings is 2. The third-order valence-electron chi connectivity index (χ3n) is 5.24. The largest absolute Gasteiger partial charge is 0.249 e. The number of aryl methyl sites for hydroxylation is 2. The molecule has 0 aromatic heterocycles. The Morgan fingerprint density at radius 1 is 0.619 bits per heavy atom. The van der Waals surface area contributed by atoms with Crippen LogP contribution in [0.3, 0.4) is 0 Å². The molecule has 0 amide bonds. The summed E-state index contributed by atoms with van der Waals surface area (Å²) in [4.78, 5) is 2.08. The van der Waals surface area contributed by atoms with E-state index in [0.717, 1.165) is 15.4 Å². The molecule has 1 heterocycles. The first-order chi connectivity index (χ1) is 9.77. The summed E-state index contributed by atoms with van der Waals surface area (Å²) in [5.41, 5.74) is 11.2. The average molecular weight is 298 g/mol. The van der Waals surface area contributed by atoms with E-state index in [9.17, 15) is 4.21 Å². The zero-order valence-electron chi connectivity index (χ0n) is 13.9. The zero-order valence-corrected chi connectivity index (χ0v) is 14.7. The maximum Gasteiger partial charge on any atom is 0.0868 e. The van der Waals surface area contributed by atoms with Gasteiger partial charge in [0.15, 0.2) is 0 Å². The second-order valence-corrected chi connectivity index (χ2v) is 7.67. The normalized spacial score (nSPS) is 16.0. The summed E-state index contributed by atoms with van der Waals surface area (Å²) < 4.78 is 13.1. The van der Waals surface area contributed by atoms with Gasteiger partial charge >= 0.3 is 0 Å². The predicted octanol–water partition coefficient (Wildman–Crippen LogP) is 4.99. The van der Waals surface area contributed by atoms with Crippen molar-refractivity contribution in [1.82, 2.24) is 0 Å². The van der Waals surface area contributed by atoms with Crippen molar-refractivity contribution >= 4 is 10.8 Å². The summed E-state index contributed by atoms with van der Waals surface area (Å²) >= 11 is 0. The SMILES string of the molecule is Cc1cc(C)c2c(c1C)-c1c(C)c(C)c(C)c(C)c1S2=O. The van der Waals surface area contributed by atoms with Gasteiger partial charge in [0.1, 0.15) is 0 Å². The summed E-state index contributed by atoms with van der Waals surface area (Å²) in [6.07, 6.45) is 0. The van der Waals surface area contributed by atoms with Gasteiger partial charge in [0, 0.05) is 11.1 Å². The molecule has 2 heteroatoms. The molecule has 0 radical (unpaired) electrons. The van der Waals surface area contributed by atoms with Gasteiger partial charge < -0.3 is 0 Å². The number of hydrogen-bond donors (Lipinski definition) is 0. The summed E-state index contributed by atoms with van der Waals surface area (Å²) in [6, 6.07) is 2.17. The molecule has 1 atom stereocenters. The molecular weight excluding hydrogens is 276 g/mol. The van der Waals surface area contributed by atoms with E-state index in [2.05, 4.69) is 54.5 Å². The fourth-order valence-electron chi connectivity index (χ4n) is 3.52. The molecule has 1 aliphatic heterocycles. The van der Waals surface area contributed by atoms with Crippen LogP contribution in [-0.2, 0) is 10.8 Å². The van der Waals surface area contributed by atoms with Crippen molar-refractivity contribution in [3.05, 3.63) is 45.0 Å². The minimum absolute atomic E-state index is 1.03. The van der Waals surface area contributed by atoms with Crippen molar-refractivity contribution in [3.8, 4) is 11.1 Å². The second-order valence-electron chi connectivity index (χ2n) is 6.31. The van der Waals surface area contributed by atoms with Crippen molar-refractivity contribution in [2.45, 2.75) is 58.3 Å². The third kappa shape index (κ3) is 1.72. The highest BCUT2D eigenvalue weighted by Crippen LogP contribution is 2.49. The Hall–Kier alpha value is -1.41. The summed E-state index contributed by atoms with van der Waals surface area (Å²) in [6.45, 7) is 15.0. The van der Waals surface area contributed by atoms with E-state index in [0.29, 0.717) is 0 Å². The molecule has 1 unspecified atom stereocenters. The van der Waals surface area contributed by atoms with E-state index in [1.54, 1.807) is 0 Å². The van der Waals surface area contributed by atoms with Crippen molar-refractivity contribution < 1.29 is 4.21 Å². The molecule has 0 saturated carbocycles. The Kier molecular flexibility index (Phi) is 3.14. The highest BCUT2D eigenvalue weighted by atomic mass is 32.2. The van der Waals surface area contributed by atoms with Crippen LogP contribution >= 0.6 is 0 Å². The van der Waals surface area contributed by atoms with Crippen LogP contribution in [0.25, 0.3) is 11.1 Å². The van der Waals surface area contributed by atoms with Crippen LogP contribution in [0.4, 0.5) is 0 Å². The van der Waals surface area contributed by atoms with Gasteiger partial charge in [-0.2, -0.15) is 0 Å². The van der Waals surface area contributed by atoms with Crippen LogP contribution in [-0.4, -0.2) is 4.21 Å². The highest BCUT2D eigenvalue weighted by Gasteiger charge is 2.33. The van der Waals surface area contributed by atoms with Gasteiger partial charge in [0.25, 0.3) is 0 Å². The Morgan fingerprint density at radius 2 is 1.14 bits per heavy atom. The smallest absolute Gasteiger partial charge is 0.0868 e. The van der Waals surface area contributed by atoms with E-state index < -0.39 is 10.8 Å². The van der Waals surface area contributed by atoms with Gasteiger partial charge in [-0.1, -0.05) is 6.07 Å². The Balaban J connectivity index is 2.57. The van der Waals surface area contributed by atoms with Gasteiger partial charge in [-0.05, 0) is 87.4 Å². The lowest BCUT2D eigenvalue weighted by Crippen LogP contribution is -1.99. The van der Waals surface area contributed by atoms with Crippen LogP contribution in [0, 0.1) is 48.5 Å². The van der Waals surface area contributed by atoms with Gasteiger partial charge in [-0.15, -0.1) is 0 Å². The van der Waals surface area contributed by atoms with Crippen LogP contribution in [0.15, 0.2) is 15.9 Å². The van der Waals surface area contributed by atoms with Gasteiger partial charge in [-0.3, -0.25) is 0 Å². The first kappa shape index (κ1) is 14.5. The van der Waals surface area contributed by atoms with E-state index in [4.69, 9.17) is 0 Å². The van der Waals surface area contributed by atoms with Crippen molar-refractivity contribution in [3.63, 3.8) is 0 Å². The van der Waals surface area contributed by atoms with Crippen LogP contribution < -0.4 is 0 Å². The molecule has 2 aromatic rings. The quantitative estimate of drug-likeness (QED) is 0.571. The van der Waals surface area contributed by atoms with Crippen molar-refractivity contribution in [2.75, 3.05) is 0 Å². The molecule has 0 fully saturated rings. The topological polar surface area (TPSA) is 17.1 Å². The maximum atomic E-state index is 13.1. The Bertz CT molecular complexity index is 829. The number of fused-ring (bicyclic) bond motifs is 3. The highest BCUT2D eigenvalue weighted by molar-refractivity contribution is 7.86. The minimum atomic E-state index is -1.04. The number of rotatable bonds is 0. The molecule has 0 N–H and O–H groups in total. The third-order valence-corrected chi connectivity index (χ3v) is 7.01. The molecule has 110 valence electrons. The van der Waals surface area contributed by atoms with Crippen LogP contribution in [0.1, 0.15) is 38.9 Å². The van der Waals surface area contributed by atoms with Crippen LogP contribution in [0.2, 0.25) is 0 Å². The Morgan fingerprint density at radius 3 is 1.76 bits per heavy atom. The molecule has 0 spiro atoms. The fraction of sp³-hybridized carbons (Fsp3) is 0.368. The van der Waals surface area contributed by atoms with Gasteiger partial charge in [-0.25, -0.2) is 4.21 Å². The molecular formula is C19H22OS. The van der Waals surface area contributed by atoms with Crippen LogP contribution in [0.5, 0.6) is 0 Å². The van der Waals surface area contributed by atoms with Gasteiger partial charge in [0.05, 0.1) is 20.6 Å². The summed E-state index contributed by atoms with van der Waals surface area (Å²) in [5.74, 6) is 0. The van der Waals surface area contributed by atoms with E-state index in [1.165, 1.54) is 44.5 Å². The minimum Gasteiger partial charge on any atom is -0.249 e. The zero-order chi connectivity index (χ0) is 15.6. The molecule has 2 aromatic carbocycles. The lowest BCUT2D eigenvalue weighted by molar-refractivity contribution is 0.684. The molecule has 0 aliphatic carbocycles. The molecule has 21 heavy (non-hydrogen) atoms. The van der Waals surface area contributed by atoms with E-state index in [-0.39, 0.29) is 0 Å². The molecule has 0 bridgehead atoms. The van der Waals surface area contributed by atoms with E-state index in [1.807, 2.05) is 0 Å². The second kappa shape index (κ2) is 4.54. The van der Waals surface area contributed by atoms with Crippen molar-refractivity contribution in [2.24, 2.45) is 0 Å². The monoisotopic (exact) mass is 298 g/mol. The van der Waals surface area contributed by atoms with Gasteiger partial charge in [0.2, 0.25) is 0 Å². The predicted molar refractivity (Wildman–Crippen MR) is 89.7 cm³/mol. The number of hydrogen-bond acceptors (Lipinski definition) is 1. The van der Waals surface area contributed by atoms with E-state index >= 15 is 0 Å².